The summed E-state index contributed by atoms with van der Waals surface area (Å²) >= 11 is 0. The number of carboxylic acids is 1. The van der Waals surface area contributed by atoms with E-state index in [9.17, 15) is 19.5 Å². The number of urea groups is 1. The minimum absolute atomic E-state index is 0.106. The second kappa shape index (κ2) is 6.25. The van der Waals surface area contributed by atoms with Crippen LogP contribution < -0.4 is 16.0 Å². The van der Waals surface area contributed by atoms with Gasteiger partial charge in [0.15, 0.2) is 0 Å². The highest BCUT2D eigenvalue weighted by Gasteiger charge is 2.17. The molecule has 0 atom stereocenters. The van der Waals surface area contributed by atoms with Gasteiger partial charge in [0.25, 0.3) is 0 Å². The van der Waals surface area contributed by atoms with Crippen molar-refractivity contribution < 1.29 is 19.5 Å². The van der Waals surface area contributed by atoms with Gasteiger partial charge in [-0.05, 0) is 39.0 Å². The average molecular weight is 293 g/mol. The molecule has 0 aliphatic heterocycles. The molecule has 0 heterocycles. The van der Waals surface area contributed by atoms with E-state index in [0.717, 1.165) is 0 Å². The Morgan fingerprint density at radius 2 is 1.71 bits per heavy atom. The van der Waals surface area contributed by atoms with Crippen molar-refractivity contribution in [2.45, 2.75) is 33.2 Å². The van der Waals surface area contributed by atoms with Crippen molar-refractivity contribution in [3.63, 3.8) is 0 Å². The number of rotatable bonds is 3. The molecule has 3 amide bonds. The largest absolute Gasteiger partial charge is 0.478 e. The standard InChI is InChI=1S/C14H19N3O4/c1-8(18)15-9-5-6-11(10(7-9)12(19)20)16-13(21)17-14(2,3)4/h5-7H,1-4H3,(H,15,18)(H,19,20)(H2,16,17,21). The third kappa shape index (κ3) is 5.52. The molecule has 4 N–H and O–H groups in total. The van der Waals surface area contributed by atoms with E-state index in [2.05, 4.69) is 16.0 Å². The van der Waals surface area contributed by atoms with Crippen molar-refractivity contribution in [1.82, 2.24) is 5.32 Å². The molecule has 0 saturated carbocycles. The third-order valence-corrected chi connectivity index (χ3v) is 2.31. The van der Waals surface area contributed by atoms with Crippen LogP contribution in [0.1, 0.15) is 38.1 Å². The highest BCUT2D eigenvalue weighted by Crippen LogP contribution is 2.21. The summed E-state index contributed by atoms with van der Waals surface area (Å²) in [7, 11) is 0. The van der Waals surface area contributed by atoms with Crippen molar-refractivity contribution in [3.8, 4) is 0 Å². The van der Waals surface area contributed by atoms with Crippen molar-refractivity contribution in [2.24, 2.45) is 0 Å². The van der Waals surface area contributed by atoms with E-state index in [1.807, 2.05) is 20.8 Å². The van der Waals surface area contributed by atoms with Gasteiger partial charge in [-0.1, -0.05) is 0 Å². The monoisotopic (exact) mass is 293 g/mol. The van der Waals surface area contributed by atoms with Crippen molar-refractivity contribution in [3.05, 3.63) is 23.8 Å². The van der Waals surface area contributed by atoms with E-state index in [1.165, 1.54) is 25.1 Å². The normalized spacial score (nSPS) is 10.7. The van der Waals surface area contributed by atoms with Gasteiger partial charge in [-0.25, -0.2) is 9.59 Å². The van der Waals surface area contributed by atoms with Gasteiger partial charge in [0.2, 0.25) is 5.91 Å². The Kier molecular flexibility index (Phi) is 4.91. The Morgan fingerprint density at radius 1 is 1.10 bits per heavy atom. The summed E-state index contributed by atoms with van der Waals surface area (Å²) in [4.78, 5) is 34.0. The summed E-state index contributed by atoms with van der Waals surface area (Å²) in [5.41, 5.74) is -0.0470. The molecule has 7 nitrogen and oxygen atoms in total. The van der Waals surface area contributed by atoms with Crippen LogP contribution in [0.2, 0.25) is 0 Å². The molecule has 0 unspecified atom stereocenters. The zero-order valence-corrected chi connectivity index (χ0v) is 12.4. The van der Waals surface area contributed by atoms with Crippen molar-refractivity contribution in [1.29, 1.82) is 0 Å². The van der Waals surface area contributed by atoms with Crippen LogP contribution in [0, 0.1) is 0 Å². The predicted molar refractivity (Wildman–Crippen MR) is 79.6 cm³/mol. The minimum Gasteiger partial charge on any atom is -0.478 e. The first kappa shape index (κ1) is 16.5. The molecule has 0 aliphatic carbocycles. The van der Waals surface area contributed by atoms with Crippen LogP contribution in [0.3, 0.4) is 0 Å². The summed E-state index contributed by atoms with van der Waals surface area (Å²) in [5.74, 6) is -1.51. The van der Waals surface area contributed by atoms with Crippen LogP contribution in [0.25, 0.3) is 0 Å². The van der Waals surface area contributed by atoms with E-state index in [0.29, 0.717) is 5.69 Å². The lowest BCUT2D eigenvalue weighted by Gasteiger charge is -2.21. The maximum Gasteiger partial charge on any atom is 0.337 e. The molecule has 114 valence electrons. The predicted octanol–water partition coefficient (Wildman–Crippen LogP) is 2.26. The zero-order valence-electron chi connectivity index (χ0n) is 12.4. The van der Waals surface area contributed by atoms with Gasteiger partial charge >= 0.3 is 12.0 Å². The van der Waals surface area contributed by atoms with Crippen LogP contribution in [-0.4, -0.2) is 28.6 Å². The lowest BCUT2D eigenvalue weighted by Crippen LogP contribution is -2.43. The fourth-order valence-electron chi connectivity index (χ4n) is 1.61. The lowest BCUT2D eigenvalue weighted by atomic mass is 10.1. The second-order valence-electron chi connectivity index (χ2n) is 5.58. The lowest BCUT2D eigenvalue weighted by molar-refractivity contribution is -0.114. The number of carbonyl (C=O) groups is 3. The molecule has 0 spiro atoms. The summed E-state index contributed by atoms with van der Waals surface area (Å²) in [6.07, 6.45) is 0. The maximum atomic E-state index is 11.8. The number of anilines is 2. The number of amides is 3. The maximum absolute atomic E-state index is 11.8. The van der Waals surface area contributed by atoms with E-state index >= 15 is 0 Å². The van der Waals surface area contributed by atoms with Crippen molar-refractivity contribution >= 4 is 29.3 Å². The van der Waals surface area contributed by atoms with Crippen LogP contribution >= 0.6 is 0 Å². The van der Waals surface area contributed by atoms with Crippen LogP contribution in [0.4, 0.5) is 16.2 Å². The Labute approximate surface area is 122 Å². The fraction of sp³-hybridized carbons (Fsp3) is 0.357. The van der Waals surface area contributed by atoms with Gasteiger partial charge in [0, 0.05) is 18.2 Å². The number of hydrogen-bond donors (Lipinski definition) is 4. The summed E-state index contributed by atoms with van der Waals surface area (Å²) in [6.45, 7) is 6.75. The zero-order chi connectivity index (χ0) is 16.2. The van der Waals surface area contributed by atoms with Gasteiger partial charge in [-0.2, -0.15) is 0 Å². The molecular formula is C14H19N3O4. The molecular weight excluding hydrogens is 274 g/mol. The molecule has 1 aromatic carbocycles. The van der Waals surface area contributed by atoms with E-state index in [1.54, 1.807) is 0 Å². The van der Waals surface area contributed by atoms with Crippen LogP contribution in [0.15, 0.2) is 18.2 Å². The number of carbonyl (C=O) groups excluding carboxylic acids is 2. The van der Waals surface area contributed by atoms with E-state index < -0.39 is 17.5 Å². The molecule has 7 heteroatoms. The number of aromatic carboxylic acids is 1. The highest BCUT2D eigenvalue weighted by molar-refractivity contribution is 6.02. The molecule has 0 aliphatic rings. The molecule has 0 radical (unpaired) electrons. The topological polar surface area (TPSA) is 108 Å². The first-order valence-electron chi connectivity index (χ1n) is 6.32. The summed E-state index contributed by atoms with van der Waals surface area (Å²) in [5, 5.41) is 16.8. The highest BCUT2D eigenvalue weighted by atomic mass is 16.4. The summed E-state index contributed by atoms with van der Waals surface area (Å²) in [6, 6.07) is 3.73. The fourth-order valence-corrected chi connectivity index (χ4v) is 1.61. The number of hydrogen-bond acceptors (Lipinski definition) is 3. The Balaban J connectivity index is 2.99. The molecule has 0 aromatic heterocycles. The summed E-state index contributed by atoms with van der Waals surface area (Å²) < 4.78 is 0. The molecule has 0 bridgehead atoms. The third-order valence-electron chi connectivity index (χ3n) is 2.31. The quantitative estimate of drug-likeness (QED) is 0.685. The van der Waals surface area contributed by atoms with Crippen LogP contribution in [0.5, 0.6) is 0 Å². The van der Waals surface area contributed by atoms with Crippen molar-refractivity contribution in [2.75, 3.05) is 10.6 Å². The van der Waals surface area contributed by atoms with Gasteiger partial charge < -0.3 is 21.1 Å². The smallest absolute Gasteiger partial charge is 0.337 e. The Morgan fingerprint density at radius 3 is 2.19 bits per heavy atom. The SMILES string of the molecule is CC(=O)Nc1ccc(NC(=O)NC(C)(C)C)c(C(=O)O)c1. The van der Waals surface area contributed by atoms with E-state index in [4.69, 9.17) is 0 Å². The molecule has 1 aromatic rings. The molecule has 0 saturated heterocycles. The van der Waals surface area contributed by atoms with E-state index in [-0.39, 0.29) is 17.2 Å². The van der Waals surface area contributed by atoms with Crippen LogP contribution in [-0.2, 0) is 4.79 Å². The first-order valence-corrected chi connectivity index (χ1v) is 6.32. The van der Waals surface area contributed by atoms with Gasteiger partial charge in [-0.3, -0.25) is 4.79 Å². The Hall–Kier alpha value is -2.57. The Bertz CT molecular complexity index is 576. The first-order chi connectivity index (χ1) is 9.58. The van der Waals surface area contributed by atoms with Gasteiger partial charge in [-0.15, -0.1) is 0 Å². The molecule has 1 rings (SSSR count). The van der Waals surface area contributed by atoms with Gasteiger partial charge in [0.05, 0.1) is 11.3 Å². The molecule has 21 heavy (non-hydrogen) atoms. The van der Waals surface area contributed by atoms with Gasteiger partial charge in [0.1, 0.15) is 0 Å². The second-order valence-corrected chi connectivity index (χ2v) is 5.58. The number of benzene rings is 1. The molecule has 0 fully saturated rings. The average Bonchev–Trinajstić information content (AvgIpc) is 2.27. The number of nitrogens with one attached hydrogen (secondary N) is 3. The number of carboxylic acid groups (broad SMARTS) is 1. The minimum atomic E-state index is -1.20.